The summed E-state index contributed by atoms with van der Waals surface area (Å²) in [5, 5.41) is 3.21. The molecule has 2 heterocycles. The quantitative estimate of drug-likeness (QED) is 0.683. The van der Waals surface area contributed by atoms with E-state index in [1.54, 1.807) is 60.7 Å². The van der Waals surface area contributed by atoms with Crippen molar-refractivity contribution in [2.45, 2.75) is 16.7 Å². The van der Waals surface area contributed by atoms with Gasteiger partial charge in [0.2, 0.25) is 0 Å². The smallest absolute Gasteiger partial charge is 0.296 e. The Morgan fingerprint density at radius 3 is 2.64 bits per heavy atom. The van der Waals surface area contributed by atoms with Crippen LogP contribution in [0, 0.1) is 6.92 Å². The molecule has 0 amide bonds. The molecule has 1 aliphatic heterocycles. The Morgan fingerprint density at radius 2 is 1.89 bits per heavy atom. The first-order valence-electron chi connectivity index (χ1n) is 8.76. The number of hydrogen-bond acceptors (Lipinski definition) is 5. The van der Waals surface area contributed by atoms with Crippen molar-refractivity contribution in [1.82, 2.24) is 9.36 Å². The van der Waals surface area contributed by atoms with Gasteiger partial charge < -0.3 is 5.32 Å². The largest absolute Gasteiger partial charge is 0.383 e. The van der Waals surface area contributed by atoms with Crippen LogP contribution in [-0.4, -0.2) is 30.1 Å². The maximum Gasteiger partial charge on any atom is 0.296 e. The third kappa shape index (κ3) is 3.20. The summed E-state index contributed by atoms with van der Waals surface area (Å²) in [7, 11) is -2.18. The number of para-hydroxylation sites is 1. The SMILES string of the molecule is Cc1c(NS(=O)(=O)c2ccc3c(c2)NCCS3)c(=O)n(-c2ccccc2)n1C. The van der Waals surface area contributed by atoms with Crippen molar-refractivity contribution in [2.75, 3.05) is 22.3 Å². The third-order valence-corrected chi connectivity index (χ3v) is 7.15. The highest BCUT2D eigenvalue weighted by Gasteiger charge is 2.23. The summed E-state index contributed by atoms with van der Waals surface area (Å²) in [4.78, 5) is 14.1. The second-order valence-corrected chi connectivity index (χ2v) is 9.29. The molecule has 9 heteroatoms. The molecule has 0 atom stereocenters. The summed E-state index contributed by atoms with van der Waals surface area (Å²) in [6.07, 6.45) is 0. The highest BCUT2D eigenvalue weighted by atomic mass is 32.2. The number of rotatable bonds is 4. The van der Waals surface area contributed by atoms with Crippen LogP contribution in [0.4, 0.5) is 11.4 Å². The average Bonchev–Trinajstić information content (AvgIpc) is 2.91. The Balaban J connectivity index is 1.74. The van der Waals surface area contributed by atoms with Crippen LogP contribution in [0.2, 0.25) is 0 Å². The van der Waals surface area contributed by atoms with E-state index in [4.69, 9.17) is 0 Å². The van der Waals surface area contributed by atoms with Crippen molar-refractivity contribution in [1.29, 1.82) is 0 Å². The van der Waals surface area contributed by atoms with Gasteiger partial charge in [-0.2, -0.15) is 0 Å². The van der Waals surface area contributed by atoms with Gasteiger partial charge >= 0.3 is 0 Å². The maximum absolute atomic E-state index is 13.0. The van der Waals surface area contributed by atoms with Crippen LogP contribution in [0.5, 0.6) is 0 Å². The molecule has 0 saturated heterocycles. The summed E-state index contributed by atoms with van der Waals surface area (Å²) >= 11 is 1.69. The summed E-state index contributed by atoms with van der Waals surface area (Å²) in [6.45, 7) is 2.50. The zero-order valence-electron chi connectivity index (χ0n) is 15.5. The molecule has 4 rings (SSSR count). The fraction of sp³-hybridized carbons (Fsp3) is 0.211. The molecule has 28 heavy (non-hydrogen) atoms. The second-order valence-electron chi connectivity index (χ2n) is 6.48. The number of aromatic nitrogens is 2. The molecule has 0 fully saturated rings. The summed E-state index contributed by atoms with van der Waals surface area (Å²) < 4.78 is 31.5. The minimum atomic E-state index is -3.90. The van der Waals surface area contributed by atoms with Crippen LogP contribution < -0.4 is 15.6 Å². The van der Waals surface area contributed by atoms with E-state index in [0.717, 1.165) is 22.9 Å². The number of nitrogens with one attached hydrogen (secondary N) is 2. The summed E-state index contributed by atoms with van der Waals surface area (Å²) in [6, 6.07) is 14.1. The van der Waals surface area contributed by atoms with Crippen molar-refractivity contribution in [3.05, 3.63) is 64.6 Å². The van der Waals surface area contributed by atoms with Gasteiger partial charge in [0.15, 0.2) is 0 Å². The van der Waals surface area contributed by atoms with E-state index < -0.39 is 15.6 Å². The fourth-order valence-electron chi connectivity index (χ4n) is 3.17. The average molecular weight is 417 g/mol. The standard InChI is InChI=1S/C19H20N4O3S2/c1-13-18(19(24)23(22(13)2)14-6-4-3-5-7-14)21-28(25,26)15-8-9-17-16(12-15)20-10-11-27-17/h3-9,12,20-21H,10-11H2,1-2H3. The monoisotopic (exact) mass is 416 g/mol. The predicted molar refractivity (Wildman–Crippen MR) is 112 cm³/mol. The molecule has 0 unspecified atom stereocenters. The van der Waals surface area contributed by atoms with E-state index in [9.17, 15) is 13.2 Å². The van der Waals surface area contributed by atoms with Crippen LogP contribution in [-0.2, 0) is 17.1 Å². The molecule has 1 aromatic heterocycles. The number of anilines is 2. The van der Waals surface area contributed by atoms with Crippen LogP contribution >= 0.6 is 11.8 Å². The number of nitrogens with zero attached hydrogens (tertiary/aromatic N) is 2. The molecule has 0 radical (unpaired) electrons. The normalized spacial score (nSPS) is 13.6. The molecule has 0 aliphatic carbocycles. The predicted octanol–water partition coefficient (Wildman–Crippen LogP) is 2.80. The first kappa shape index (κ1) is 18.7. The Morgan fingerprint density at radius 1 is 1.14 bits per heavy atom. The number of sulfonamides is 1. The van der Waals surface area contributed by atoms with Crippen molar-refractivity contribution >= 4 is 33.2 Å². The van der Waals surface area contributed by atoms with Gasteiger partial charge in [-0.3, -0.25) is 14.2 Å². The Bertz CT molecular complexity index is 1200. The molecule has 3 aromatic rings. The van der Waals surface area contributed by atoms with Gasteiger partial charge in [0.25, 0.3) is 15.6 Å². The number of thioether (sulfide) groups is 1. The highest BCUT2D eigenvalue weighted by Crippen LogP contribution is 2.33. The number of hydrogen-bond donors (Lipinski definition) is 2. The lowest BCUT2D eigenvalue weighted by atomic mass is 10.3. The zero-order chi connectivity index (χ0) is 19.9. The molecular formula is C19H20N4O3S2. The van der Waals surface area contributed by atoms with E-state index >= 15 is 0 Å². The lowest BCUT2D eigenvalue weighted by Crippen LogP contribution is -2.23. The Hall–Kier alpha value is -2.65. The van der Waals surface area contributed by atoms with Gasteiger partial charge in [0.05, 0.1) is 16.3 Å². The van der Waals surface area contributed by atoms with Crippen LogP contribution in [0.1, 0.15) is 5.69 Å². The minimum Gasteiger partial charge on any atom is -0.383 e. The molecule has 0 spiro atoms. The Labute approximate surface area is 167 Å². The lowest BCUT2D eigenvalue weighted by Gasteiger charge is -2.18. The number of benzene rings is 2. The number of fused-ring (bicyclic) bond motifs is 1. The molecular weight excluding hydrogens is 396 g/mol. The van der Waals surface area contributed by atoms with Gasteiger partial charge in [-0.15, -0.1) is 11.8 Å². The lowest BCUT2D eigenvalue weighted by molar-refractivity contribution is 0.601. The molecule has 0 saturated carbocycles. The first-order valence-corrected chi connectivity index (χ1v) is 11.2. The molecule has 0 bridgehead atoms. The van der Waals surface area contributed by atoms with E-state index in [0.29, 0.717) is 11.4 Å². The second kappa shape index (κ2) is 7.06. The van der Waals surface area contributed by atoms with Crippen molar-refractivity contribution in [3.8, 4) is 5.69 Å². The van der Waals surface area contributed by atoms with E-state index in [1.807, 2.05) is 18.2 Å². The molecule has 146 valence electrons. The van der Waals surface area contributed by atoms with Gasteiger partial charge in [0.1, 0.15) is 5.69 Å². The van der Waals surface area contributed by atoms with E-state index in [2.05, 4.69) is 10.0 Å². The third-order valence-electron chi connectivity index (χ3n) is 4.73. The van der Waals surface area contributed by atoms with E-state index in [-0.39, 0.29) is 10.6 Å². The highest BCUT2D eigenvalue weighted by molar-refractivity contribution is 7.99. The molecule has 2 aromatic carbocycles. The fourth-order valence-corrected chi connectivity index (χ4v) is 5.18. The summed E-state index contributed by atoms with van der Waals surface area (Å²) in [5.74, 6) is 0.944. The van der Waals surface area contributed by atoms with Crippen LogP contribution in [0.3, 0.4) is 0 Å². The topological polar surface area (TPSA) is 85.1 Å². The summed E-state index contributed by atoms with van der Waals surface area (Å²) in [5.41, 5.74) is 1.63. The van der Waals surface area contributed by atoms with Gasteiger partial charge in [-0.25, -0.2) is 13.1 Å². The maximum atomic E-state index is 13.0. The zero-order valence-corrected chi connectivity index (χ0v) is 17.1. The van der Waals surface area contributed by atoms with Crippen LogP contribution in [0.25, 0.3) is 5.69 Å². The minimum absolute atomic E-state index is 0.0476. The first-order chi connectivity index (χ1) is 13.4. The molecule has 7 nitrogen and oxygen atoms in total. The Kier molecular flexibility index (Phi) is 4.72. The van der Waals surface area contributed by atoms with Crippen molar-refractivity contribution < 1.29 is 8.42 Å². The molecule has 1 aliphatic rings. The van der Waals surface area contributed by atoms with Crippen molar-refractivity contribution in [3.63, 3.8) is 0 Å². The molecule has 2 N–H and O–H groups in total. The van der Waals surface area contributed by atoms with Gasteiger partial charge in [-0.1, -0.05) is 18.2 Å². The van der Waals surface area contributed by atoms with Crippen molar-refractivity contribution in [2.24, 2.45) is 7.05 Å². The van der Waals surface area contributed by atoms with Crippen LogP contribution in [0.15, 0.2) is 63.1 Å². The van der Waals surface area contributed by atoms with Gasteiger partial charge in [-0.05, 0) is 37.3 Å². The van der Waals surface area contributed by atoms with Gasteiger partial charge in [0, 0.05) is 29.9 Å². The van der Waals surface area contributed by atoms with E-state index in [1.165, 1.54) is 4.68 Å².